The summed E-state index contributed by atoms with van der Waals surface area (Å²) in [5.41, 5.74) is 0.596. The molecule has 0 atom stereocenters. The topological polar surface area (TPSA) is 91.8 Å². The van der Waals surface area contributed by atoms with Crippen LogP contribution in [0.15, 0.2) is 46.2 Å². The van der Waals surface area contributed by atoms with Crippen LogP contribution in [0.25, 0.3) is 0 Å². The predicted octanol–water partition coefficient (Wildman–Crippen LogP) is 2.20. The minimum atomic E-state index is -3.50. The first-order valence-corrected chi connectivity index (χ1v) is 13.8. The Labute approximate surface area is 188 Å². The van der Waals surface area contributed by atoms with Crippen LogP contribution < -0.4 is 4.90 Å². The maximum Gasteiger partial charge on any atom is 0.255 e. The number of piperazine rings is 1. The van der Waals surface area contributed by atoms with Gasteiger partial charge in [0.15, 0.2) is 19.7 Å². The van der Waals surface area contributed by atoms with Crippen molar-refractivity contribution in [3.05, 3.63) is 51.3 Å². The van der Waals surface area contributed by atoms with Gasteiger partial charge in [0.2, 0.25) is 0 Å². The smallest absolute Gasteiger partial charge is 0.255 e. The van der Waals surface area contributed by atoms with E-state index < -0.39 is 25.5 Å². The minimum Gasteiger partial charge on any atom is -0.366 e. The fourth-order valence-electron chi connectivity index (χ4n) is 3.19. The summed E-state index contributed by atoms with van der Waals surface area (Å²) in [7, 11) is -6.93. The number of halogens is 2. The first kappa shape index (κ1) is 22.9. The van der Waals surface area contributed by atoms with Crippen LogP contribution in [0.4, 0.5) is 10.1 Å². The lowest BCUT2D eigenvalue weighted by Gasteiger charge is -2.36. The van der Waals surface area contributed by atoms with Crippen LogP contribution in [0.1, 0.15) is 10.4 Å². The molecule has 1 heterocycles. The largest absolute Gasteiger partial charge is 0.366 e. The fraction of sp³-hybridized carbons (Fsp3) is 0.316. The van der Waals surface area contributed by atoms with Crippen molar-refractivity contribution in [1.29, 1.82) is 0 Å². The standard InChI is InChI=1S/C19H20FIN2O5S2/c1-29(25,26)13-3-5-17(21)15(11-13)19(24)23-9-7-22(8-10-23)18-6-4-14(12-16(18)20)30(2,27)28/h3-6,11-12H,7-10H2,1-2H3. The predicted molar refractivity (Wildman–Crippen MR) is 120 cm³/mol. The maximum atomic E-state index is 14.5. The Balaban J connectivity index is 1.76. The third-order valence-electron chi connectivity index (χ3n) is 4.85. The van der Waals surface area contributed by atoms with Gasteiger partial charge in [-0.1, -0.05) is 0 Å². The monoisotopic (exact) mass is 566 g/mol. The first-order chi connectivity index (χ1) is 13.9. The summed E-state index contributed by atoms with van der Waals surface area (Å²) >= 11 is 1.99. The zero-order valence-corrected chi connectivity index (χ0v) is 20.1. The van der Waals surface area contributed by atoms with Crippen LogP contribution in [0.5, 0.6) is 0 Å². The normalized spacial score (nSPS) is 15.3. The third kappa shape index (κ3) is 4.94. The van der Waals surface area contributed by atoms with Crippen molar-refractivity contribution < 1.29 is 26.0 Å². The molecule has 0 N–H and O–H groups in total. The molecule has 0 unspecified atom stereocenters. The quantitative estimate of drug-likeness (QED) is 0.528. The van der Waals surface area contributed by atoms with E-state index in [1.165, 1.54) is 24.3 Å². The van der Waals surface area contributed by atoms with Crippen LogP contribution in [0, 0.1) is 9.39 Å². The van der Waals surface area contributed by atoms with Crippen molar-refractivity contribution >= 4 is 53.9 Å². The Morgan fingerprint density at radius 3 is 1.97 bits per heavy atom. The van der Waals surface area contributed by atoms with E-state index in [-0.39, 0.29) is 21.4 Å². The fourth-order valence-corrected chi connectivity index (χ4v) is 5.04. The molecule has 1 saturated heterocycles. The van der Waals surface area contributed by atoms with E-state index in [2.05, 4.69) is 0 Å². The summed E-state index contributed by atoms with van der Waals surface area (Å²) in [5, 5.41) is 0. The number of nitrogens with zero attached hydrogens (tertiary/aromatic N) is 2. The van der Waals surface area contributed by atoms with E-state index in [1.54, 1.807) is 15.9 Å². The van der Waals surface area contributed by atoms with Gasteiger partial charge >= 0.3 is 0 Å². The van der Waals surface area contributed by atoms with E-state index in [4.69, 9.17) is 0 Å². The molecule has 0 aliphatic carbocycles. The zero-order chi connectivity index (χ0) is 22.3. The van der Waals surface area contributed by atoms with Gasteiger partial charge in [-0.25, -0.2) is 21.2 Å². The van der Waals surface area contributed by atoms with Crippen LogP contribution in [-0.2, 0) is 19.7 Å². The van der Waals surface area contributed by atoms with Crippen molar-refractivity contribution in [2.24, 2.45) is 0 Å². The zero-order valence-electron chi connectivity index (χ0n) is 16.3. The molecule has 11 heteroatoms. The van der Waals surface area contributed by atoms with Gasteiger partial charge in [0.1, 0.15) is 5.82 Å². The molecule has 0 aromatic heterocycles. The van der Waals surface area contributed by atoms with Crippen molar-refractivity contribution in [3.63, 3.8) is 0 Å². The summed E-state index contributed by atoms with van der Waals surface area (Å²) in [6, 6.07) is 8.25. The van der Waals surface area contributed by atoms with Gasteiger partial charge in [-0.2, -0.15) is 0 Å². The second kappa shape index (κ2) is 8.42. The average Bonchev–Trinajstić information content (AvgIpc) is 2.66. The lowest BCUT2D eigenvalue weighted by atomic mass is 10.1. The van der Waals surface area contributed by atoms with Crippen LogP contribution >= 0.6 is 22.6 Å². The molecule has 0 spiro atoms. The number of hydrogen-bond donors (Lipinski definition) is 0. The van der Waals surface area contributed by atoms with Gasteiger partial charge in [-0.3, -0.25) is 4.79 Å². The van der Waals surface area contributed by atoms with Gasteiger partial charge in [0, 0.05) is 42.3 Å². The van der Waals surface area contributed by atoms with Gasteiger partial charge < -0.3 is 9.80 Å². The molecular formula is C19H20FIN2O5S2. The summed E-state index contributed by atoms with van der Waals surface area (Å²) < 4.78 is 61.9. The summed E-state index contributed by atoms with van der Waals surface area (Å²) in [6.45, 7) is 1.38. The highest BCUT2D eigenvalue weighted by Gasteiger charge is 2.26. The number of sulfone groups is 2. The molecule has 2 aromatic rings. The molecule has 7 nitrogen and oxygen atoms in total. The van der Waals surface area contributed by atoms with Crippen LogP contribution in [0.3, 0.4) is 0 Å². The molecule has 2 aromatic carbocycles. The average molecular weight is 566 g/mol. The highest BCUT2D eigenvalue weighted by Crippen LogP contribution is 2.25. The Hall–Kier alpha value is -1.73. The minimum absolute atomic E-state index is 0.0814. The van der Waals surface area contributed by atoms with Crippen molar-refractivity contribution in [2.45, 2.75) is 9.79 Å². The summed E-state index contributed by atoms with van der Waals surface area (Å²) in [4.78, 5) is 16.3. The third-order valence-corrected chi connectivity index (χ3v) is 8.01. The highest BCUT2D eigenvalue weighted by atomic mass is 127. The Bertz CT molecular complexity index is 1210. The number of hydrogen-bond acceptors (Lipinski definition) is 6. The number of rotatable bonds is 4. The Morgan fingerprint density at radius 2 is 1.43 bits per heavy atom. The number of amides is 1. The van der Waals surface area contributed by atoms with E-state index in [0.717, 1.165) is 18.6 Å². The van der Waals surface area contributed by atoms with Gasteiger partial charge in [-0.15, -0.1) is 0 Å². The number of carbonyl (C=O) groups excluding carboxylic acids is 1. The van der Waals surface area contributed by atoms with Crippen molar-refractivity contribution in [3.8, 4) is 0 Å². The second-order valence-electron chi connectivity index (χ2n) is 7.08. The number of anilines is 1. The number of carbonyl (C=O) groups is 1. The molecule has 3 rings (SSSR count). The lowest BCUT2D eigenvalue weighted by molar-refractivity contribution is 0.0745. The van der Waals surface area contributed by atoms with Crippen LogP contribution in [-0.4, -0.2) is 66.3 Å². The second-order valence-corrected chi connectivity index (χ2v) is 12.3. The molecule has 0 bridgehead atoms. The lowest BCUT2D eigenvalue weighted by Crippen LogP contribution is -2.49. The molecule has 1 amide bonds. The molecule has 1 aliphatic rings. The summed E-state index contributed by atoms with van der Waals surface area (Å²) in [5.74, 6) is -0.912. The molecule has 162 valence electrons. The van der Waals surface area contributed by atoms with E-state index in [0.29, 0.717) is 35.3 Å². The highest BCUT2D eigenvalue weighted by molar-refractivity contribution is 14.1. The molecule has 0 radical (unpaired) electrons. The first-order valence-electron chi connectivity index (χ1n) is 8.91. The number of benzene rings is 2. The SMILES string of the molecule is CS(=O)(=O)c1ccc(N2CCN(C(=O)c3cc(S(C)(=O)=O)ccc3I)CC2)c(F)c1. The maximum absolute atomic E-state index is 14.5. The molecular weight excluding hydrogens is 546 g/mol. The van der Waals surface area contributed by atoms with Crippen molar-refractivity contribution in [2.75, 3.05) is 43.6 Å². The molecule has 0 saturated carbocycles. The Morgan fingerprint density at radius 1 is 0.900 bits per heavy atom. The Kier molecular flexibility index (Phi) is 6.44. The van der Waals surface area contributed by atoms with E-state index >= 15 is 0 Å². The van der Waals surface area contributed by atoms with Gasteiger partial charge in [0.05, 0.1) is 21.0 Å². The molecule has 1 fully saturated rings. The molecule has 1 aliphatic heterocycles. The van der Waals surface area contributed by atoms with Gasteiger partial charge in [-0.05, 0) is 59.0 Å². The van der Waals surface area contributed by atoms with E-state index in [9.17, 15) is 26.0 Å². The van der Waals surface area contributed by atoms with Crippen molar-refractivity contribution in [1.82, 2.24) is 4.90 Å². The summed E-state index contributed by atoms with van der Waals surface area (Å²) in [6.07, 6.45) is 2.11. The van der Waals surface area contributed by atoms with Crippen LogP contribution in [0.2, 0.25) is 0 Å². The van der Waals surface area contributed by atoms with Gasteiger partial charge in [0.25, 0.3) is 5.91 Å². The van der Waals surface area contributed by atoms with E-state index in [1.807, 2.05) is 22.6 Å². The molecule has 30 heavy (non-hydrogen) atoms.